The Morgan fingerprint density at radius 2 is 2.08 bits per heavy atom. The minimum absolute atomic E-state index is 0.0729. The number of methoxy groups -OCH3 is 2. The summed E-state index contributed by atoms with van der Waals surface area (Å²) < 4.78 is 9.06. The first-order chi connectivity index (χ1) is 6.15. The van der Waals surface area contributed by atoms with E-state index in [9.17, 15) is 9.59 Å². The van der Waals surface area contributed by atoms with E-state index in [0.29, 0.717) is 0 Å². The number of nitrogens with two attached hydrogens (primary N) is 1. The van der Waals surface area contributed by atoms with E-state index in [4.69, 9.17) is 10.5 Å². The van der Waals surface area contributed by atoms with Gasteiger partial charge in [-0.1, -0.05) is 0 Å². The third kappa shape index (κ3) is 4.44. The predicted octanol–water partition coefficient (Wildman–Crippen LogP) is -1.75. The minimum atomic E-state index is -0.718. The Balaban J connectivity index is 3.79. The van der Waals surface area contributed by atoms with E-state index in [-0.39, 0.29) is 13.1 Å². The van der Waals surface area contributed by atoms with Crippen LogP contribution in [0.25, 0.3) is 0 Å². The smallest absolute Gasteiger partial charge is 0.325 e. The van der Waals surface area contributed by atoms with Crippen LogP contribution < -0.4 is 11.1 Å². The van der Waals surface area contributed by atoms with Gasteiger partial charge in [-0.2, -0.15) is 0 Å². The van der Waals surface area contributed by atoms with Crippen LogP contribution in [0.4, 0.5) is 0 Å². The number of rotatable bonds is 5. The molecule has 0 aromatic rings. The van der Waals surface area contributed by atoms with Crippen LogP contribution in [0.3, 0.4) is 0 Å². The normalized spacial score (nSPS) is 11.9. The molecule has 0 aliphatic heterocycles. The molecular formula is C7H14N2O4. The number of hydrogen-bond donors (Lipinski definition) is 2. The van der Waals surface area contributed by atoms with Gasteiger partial charge in [0.1, 0.15) is 12.6 Å². The second-order valence-corrected chi connectivity index (χ2v) is 2.25. The van der Waals surface area contributed by atoms with Crippen LogP contribution in [0.2, 0.25) is 0 Å². The van der Waals surface area contributed by atoms with Crippen LogP contribution in [-0.4, -0.2) is 45.3 Å². The van der Waals surface area contributed by atoms with Gasteiger partial charge >= 0.3 is 5.97 Å². The quantitative estimate of drug-likeness (QED) is 0.502. The molecule has 0 saturated heterocycles. The number of nitrogens with one attached hydrogen (secondary N) is 1. The van der Waals surface area contributed by atoms with Gasteiger partial charge in [-0.25, -0.2) is 0 Å². The maximum absolute atomic E-state index is 11.1. The van der Waals surface area contributed by atoms with Gasteiger partial charge in [0, 0.05) is 13.7 Å². The number of esters is 1. The van der Waals surface area contributed by atoms with E-state index in [1.165, 1.54) is 14.2 Å². The van der Waals surface area contributed by atoms with Gasteiger partial charge in [0.2, 0.25) is 0 Å². The molecule has 0 bridgehead atoms. The summed E-state index contributed by atoms with van der Waals surface area (Å²) in [6.45, 7) is -0.0985. The van der Waals surface area contributed by atoms with Crippen LogP contribution in [0.5, 0.6) is 0 Å². The van der Waals surface area contributed by atoms with E-state index in [1.54, 1.807) is 0 Å². The summed E-state index contributed by atoms with van der Waals surface area (Å²) in [5.41, 5.74) is 5.22. The number of amides is 1. The average Bonchev–Trinajstić information content (AvgIpc) is 2.16. The molecule has 1 unspecified atom stereocenters. The fraction of sp³-hybridized carbons (Fsp3) is 0.714. The molecule has 0 aliphatic carbocycles. The third-order valence-electron chi connectivity index (χ3n) is 1.43. The van der Waals surface area contributed by atoms with Gasteiger partial charge in [-0.15, -0.1) is 0 Å². The van der Waals surface area contributed by atoms with Gasteiger partial charge in [-0.3, -0.25) is 9.59 Å². The molecular weight excluding hydrogens is 176 g/mol. The molecule has 0 radical (unpaired) electrons. The molecule has 1 atom stereocenters. The zero-order valence-electron chi connectivity index (χ0n) is 7.70. The van der Waals surface area contributed by atoms with E-state index in [2.05, 4.69) is 10.1 Å². The maximum Gasteiger partial charge on any atom is 0.325 e. The monoisotopic (exact) mass is 190 g/mol. The Morgan fingerprint density at radius 3 is 2.46 bits per heavy atom. The summed E-state index contributed by atoms with van der Waals surface area (Å²) >= 11 is 0. The minimum Gasteiger partial charge on any atom is -0.468 e. The van der Waals surface area contributed by atoms with E-state index in [1.807, 2.05) is 0 Å². The highest BCUT2D eigenvalue weighted by Crippen LogP contribution is 1.86. The molecule has 6 nitrogen and oxygen atoms in total. The molecule has 0 heterocycles. The maximum atomic E-state index is 11.1. The summed E-state index contributed by atoms with van der Waals surface area (Å²) in [5, 5.41) is 2.32. The van der Waals surface area contributed by atoms with Gasteiger partial charge in [-0.05, 0) is 0 Å². The molecule has 0 aromatic heterocycles. The fourth-order valence-corrected chi connectivity index (χ4v) is 0.656. The first kappa shape index (κ1) is 11.9. The molecule has 76 valence electrons. The standard InChI is InChI=1S/C7H14N2O4/c1-12-5(3-8)7(11)9-4-6(10)13-2/h5H,3-4,8H2,1-2H3,(H,9,11). The van der Waals surface area contributed by atoms with Crippen molar-refractivity contribution in [1.82, 2.24) is 5.32 Å². The number of hydrogen-bond acceptors (Lipinski definition) is 5. The van der Waals surface area contributed by atoms with Gasteiger partial charge in [0.25, 0.3) is 5.91 Å². The lowest BCUT2D eigenvalue weighted by atomic mass is 10.3. The third-order valence-corrected chi connectivity index (χ3v) is 1.43. The van der Waals surface area contributed by atoms with Crippen LogP contribution in [0.15, 0.2) is 0 Å². The Hall–Kier alpha value is -1.14. The summed E-state index contributed by atoms with van der Waals surface area (Å²) in [6, 6.07) is 0. The van der Waals surface area contributed by atoms with E-state index in [0.717, 1.165) is 0 Å². The van der Waals surface area contributed by atoms with Crippen LogP contribution >= 0.6 is 0 Å². The van der Waals surface area contributed by atoms with E-state index < -0.39 is 18.0 Å². The van der Waals surface area contributed by atoms with Crippen molar-refractivity contribution in [1.29, 1.82) is 0 Å². The number of ether oxygens (including phenoxy) is 2. The second kappa shape index (κ2) is 6.38. The van der Waals surface area contributed by atoms with Crippen molar-refractivity contribution < 1.29 is 19.1 Å². The molecule has 0 rings (SSSR count). The molecule has 3 N–H and O–H groups in total. The molecule has 1 amide bonds. The van der Waals surface area contributed by atoms with Crippen molar-refractivity contribution >= 4 is 11.9 Å². The fourth-order valence-electron chi connectivity index (χ4n) is 0.656. The summed E-state index contributed by atoms with van der Waals surface area (Å²) in [5.74, 6) is -0.935. The van der Waals surface area contributed by atoms with Crippen molar-refractivity contribution in [3.8, 4) is 0 Å². The summed E-state index contributed by atoms with van der Waals surface area (Å²) in [4.78, 5) is 21.7. The lowest BCUT2D eigenvalue weighted by Crippen LogP contribution is -2.42. The van der Waals surface area contributed by atoms with Gasteiger partial charge in [0.05, 0.1) is 7.11 Å². The predicted molar refractivity (Wildman–Crippen MR) is 44.9 cm³/mol. The molecule has 6 heteroatoms. The van der Waals surface area contributed by atoms with E-state index >= 15 is 0 Å². The SMILES string of the molecule is COC(=O)CNC(=O)C(CN)OC. The van der Waals surface area contributed by atoms with Crippen molar-refractivity contribution in [3.63, 3.8) is 0 Å². The highest BCUT2D eigenvalue weighted by Gasteiger charge is 2.15. The average molecular weight is 190 g/mol. The van der Waals surface area contributed by atoms with Crippen LogP contribution in [-0.2, 0) is 19.1 Å². The van der Waals surface area contributed by atoms with Crippen molar-refractivity contribution in [2.45, 2.75) is 6.10 Å². The zero-order valence-corrected chi connectivity index (χ0v) is 7.70. The van der Waals surface area contributed by atoms with Gasteiger partial charge in [0.15, 0.2) is 0 Å². The van der Waals surface area contributed by atoms with Crippen LogP contribution in [0.1, 0.15) is 0 Å². The Labute approximate surface area is 76.4 Å². The lowest BCUT2D eigenvalue weighted by molar-refractivity contribution is -0.142. The second-order valence-electron chi connectivity index (χ2n) is 2.25. The topological polar surface area (TPSA) is 90.7 Å². The van der Waals surface area contributed by atoms with Gasteiger partial charge < -0.3 is 20.5 Å². The summed E-state index contributed by atoms with van der Waals surface area (Å²) in [6.07, 6.45) is -0.718. The first-order valence-corrected chi connectivity index (χ1v) is 3.73. The zero-order chi connectivity index (χ0) is 10.3. The molecule has 13 heavy (non-hydrogen) atoms. The largest absolute Gasteiger partial charge is 0.468 e. The molecule has 0 saturated carbocycles. The van der Waals surface area contributed by atoms with Crippen molar-refractivity contribution in [3.05, 3.63) is 0 Å². The number of carbonyl (C=O) groups is 2. The molecule has 0 aliphatic rings. The van der Waals surface area contributed by atoms with Crippen LogP contribution in [0, 0.1) is 0 Å². The summed E-state index contributed by atoms with van der Waals surface area (Å²) in [7, 11) is 2.61. The molecule has 0 fully saturated rings. The van der Waals surface area contributed by atoms with Crippen molar-refractivity contribution in [2.75, 3.05) is 27.3 Å². The molecule has 0 spiro atoms. The van der Waals surface area contributed by atoms with Crippen molar-refractivity contribution in [2.24, 2.45) is 5.73 Å². The molecule has 0 aromatic carbocycles. The first-order valence-electron chi connectivity index (χ1n) is 3.73. The lowest BCUT2D eigenvalue weighted by Gasteiger charge is -2.11. The Morgan fingerprint density at radius 1 is 1.46 bits per heavy atom. The highest BCUT2D eigenvalue weighted by molar-refractivity contribution is 5.85. The Bertz CT molecular complexity index is 179. The highest BCUT2D eigenvalue weighted by atomic mass is 16.5. The number of carbonyl (C=O) groups excluding carboxylic acids is 2. The Kier molecular flexibility index (Phi) is 5.82.